The van der Waals surface area contributed by atoms with E-state index in [2.05, 4.69) is 5.32 Å². The predicted molar refractivity (Wildman–Crippen MR) is 61.8 cm³/mol. The molecule has 0 spiro atoms. The Hall–Kier alpha value is -2.24. The van der Waals surface area contributed by atoms with E-state index in [1.807, 2.05) is 0 Å². The third-order valence-electron chi connectivity index (χ3n) is 2.17. The third-order valence-corrected chi connectivity index (χ3v) is 2.17. The predicted octanol–water partition coefficient (Wildman–Crippen LogP) is 1.82. The molecule has 1 amide bonds. The van der Waals surface area contributed by atoms with Gasteiger partial charge in [0.05, 0.1) is 4.92 Å². The fourth-order valence-electron chi connectivity index (χ4n) is 1.25. The molecule has 0 bridgehead atoms. The van der Waals surface area contributed by atoms with Crippen molar-refractivity contribution in [2.45, 2.75) is 20.3 Å². The van der Waals surface area contributed by atoms with Gasteiger partial charge in [-0.1, -0.05) is 13.0 Å². The van der Waals surface area contributed by atoms with E-state index in [1.165, 1.54) is 12.1 Å². The van der Waals surface area contributed by atoms with E-state index in [-0.39, 0.29) is 17.8 Å². The minimum absolute atomic E-state index is 0.0346. The van der Waals surface area contributed by atoms with Crippen molar-refractivity contribution in [1.29, 1.82) is 0 Å². The van der Waals surface area contributed by atoms with E-state index >= 15 is 0 Å². The molecule has 0 atom stereocenters. The Labute approximate surface area is 97.8 Å². The molecule has 0 aliphatic rings. The number of nitrogens with zero attached hydrogens (tertiary/aromatic N) is 1. The molecule has 1 aromatic rings. The summed E-state index contributed by atoms with van der Waals surface area (Å²) in [6, 6.07) is 4.37. The van der Waals surface area contributed by atoms with Crippen molar-refractivity contribution < 1.29 is 14.5 Å². The number of nitro groups is 1. The maximum atomic E-state index is 11.3. The molecule has 0 unspecified atom stereocenters. The van der Waals surface area contributed by atoms with Crippen LogP contribution in [0.2, 0.25) is 0 Å². The second kappa shape index (κ2) is 5.20. The summed E-state index contributed by atoms with van der Waals surface area (Å²) in [7, 11) is 0. The zero-order chi connectivity index (χ0) is 13.0. The number of anilines is 1. The van der Waals surface area contributed by atoms with Crippen LogP contribution in [0, 0.1) is 17.0 Å². The van der Waals surface area contributed by atoms with Gasteiger partial charge in [-0.05, 0) is 18.6 Å². The summed E-state index contributed by atoms with van der Waals surface area (Å²) in [6.45, 7) is 3.25. The number of carbonyl (C=O) groups excluding carboxylic acids is 2. The van der Waals surface area contributed by atoms with Crippen LogP contribution in [-0.2, 0) is 9.59 Å². The van der Waals surface area contributed by atoms with Crippen molar-refractivity contribution in [3.8, 4) is 0 Å². The van der Waals surface area contributed by atoms with Gasteiger partial charge in [-0.15, -0.1) is 0 Å². The Balaban J connectivity index is 3.02. The van der Waals surface area contributed by atoms with Crippen molar-refractivity contribution in [2.75, 3.05) is 5.32 Å². The normalized spacial score (nSPS) is 9.76. The lowest BCUT2D eigenvalue weighted by atomic mass is 10.2. The first-order valence-electron chi connectivity index (χ1n) is 5.05. The molecule has 0 heterocycles. The lowest BCUT2D eigenvalue weighted by molar-refractivity contribution is -0.384. The van der Waals surface area contributed by atoms with Crippen LogP contribution in [0.5, 0.6) is 0 Å². The maximum Gasteiger partial charge on any atom is 0.293 e. The molecule has 0 aliphatic carbocycles. The fourth-order valence-corrected chi connectivity index (χ4v) is 1.25. The molecule has 1 aromatic carbocycles. The van der Waals surface area contributed by atoms with Crippen molar-refractivity contribution in [3.63, 3.8) is 0 Å². The SMILES string of the molecule is CCC(=O)C(=O)Nc1ccc(C)cc1[N+](=O)[O-]. The molecule has 0 radical (unpaired) electrons. The van der Waals surface area contributed by atoms with E-state index in [1.54, 1.807) is 19.9 Å². The number of rotatable bonds is 4. The largest absolute Gasteiger partial charge is 0.314 e. The van der Waals surface area contributed by atoms with Gasteiger partial charge >= 0.3 is 0 Å². The molecule has 0 fully saturated rings. The molecular formula is C11H12N2O4. The number of Topliss-reactive ketones (excluding diaryl/α,β-unsaturated/α-hetero) is 1. The van der Waals surface area contributed by atoms with Crippen LogP contribution in [0.25, 0.3) is 0 Å². The summed E-state index contributed by atoms with van der Waals surface area (Å²) in [4.78, 5) is 32.6. The van der Waals surface area contributed by atoms with Gasteiger partial charge in [0, 0.05) is 12.5 Å². The Kier molecular flexibility index (Phi) is 3.92. The van der Waals surface area contributed by atoms with Crippen LogP contribution < -0.4 is 5.32 Å². The molecule has 6 heteroatoms. The molecular weight excluding hydrogens is 224 g/mol. The van der Waals surface area contributed by atoms with Gasteiger partial charge in [0.25, 0.3) is 11.6 Å². The molecule has 1 rings (SSSR count). The number of amides is 1. The van der Waals surface area contributed by atoms with Crippen LogP contribution in [-0.4, -0.2) is 16.6 Å². The topological polar surface area (TPSA) is 89.3 Å². The van der Waals surface area contributed by atoms with Gasteiger partial charge in [-0.2, -0.15) is 0 Å². The van der Waals surface area contributed by atoms with Crippen molar-refractivity contribution in [3.05, 3.63) is 33.9 Å². The number of carbonyl (C=O) groups is 2. The number of benzene rings is 1. The molecule has 90 valence electrons. The van der Waals surface area contributed by atoms with Crippen LogP contribution in [0.15, 0.2) is 18.2 Å². The average molecular weight is 236 g/mol. The summed E-state index contributed by atoms with van der Waals surface area (Å²) in [5.41, 5.74) is 0.520. The highest BCUT2D eigenvalue weighted by Crippen LogP contribution is 2.25. The second-order valence-electron chi connectivity index (χ2n) is 3.51. The van der Waals surface area contributed by atoms with Crippen LogP contribution in [0.3, 0.4) is 0 Å². The molecule has 0 aliphatic heterocycles. The standard InChI is InChI=1S/C11H12N2O4/c1-3-10(14)11(15)12-8-5-4-7(2)6-9(8)13(16)17/h4-6H,3H2,1-2H3,(H,12,15). The lowest BCUT2D eigenvalue weighted by Crippen LogP contribution is -2.22. The Morgan fingerprint density at radius 1 is 1.41 bits per heavy atom. The first-order chi connectivity index (χ1) is 7.95. The molecule has 1 N–H and O–H groups in total. The van der Waals surface area contributed by atoms with Gasteiger partial charge in [0.15, 0.2) is 0 Å². The minimum Gasteiger partial charge on any atom is -0.314 e. The molecule has 0 saturated heterocycles. The van der Waals surface area contributed by atoms with Crippen LogP contribution in [0.1, 0.15) is 18.9 Å². The summed E-state index contributed by atoms with van der Waals surface area (Å²) in [5.74, 6) is -1.45. The second-order valence-corrected chi connectivity index (χ2v) is 3.51. The van der Waals surface area contributed by atoms with E-state index in [4.69, 9.17) is 0 Å². The summed E-state index contributed by atoms with van der Waals surface area (Å²) < 4.78 is 0. The number of nitrogens with one attached hydrogen (secondary N) is 1. The quantitative estimate of drug-likeness (QED) is 0.490. The van der Waals surface area contributed by atoms with E-state index in [9.17, 15) is 19.7 Å². The highest BCUT2D eigenvalue weighted by atomic mass is 16.6. The number of nitro benzene ring substituents is 1. The highest BCUT2D eigenvalue weighted by Gasteiger charge is 2.18. The number of hydrogen-bond donors (Lipinski definition) is 1. The number of aryl methyl sites for hydroxylation is 1. The summed E-state index contributed by atoms with van der Waals surface area (Å²) in [5, 5.41) is 13.0. The number of ketones is 1. The van der Waals surface area contributed by atoms with Crippen molar-refractivity contribution >= 4 is 23.1 Å². The van der Waals surface area contributed by atoms with E-state index in [0.29, 0.717) is 5.56 Å². The minimum atomic E-state index is -0.834. The Morgan fingerprint density at radius 2 is 2.06 bits per heavy atom. The fraction of sp³-hybridized carbons (Fsp3) is 0.273. The van der Waals surface area contributed by atoms with Crippen LogP contribution >= 0.6 is 0 Å². The van der Waals surface area contributed by atoms with Gasteiger partial charge in [-0.3, -0.25) is 19.7 Å². The first-order valence-corrected chi connectivity index (χ1v) is 5.05. The van der Waals surface area contributed by atoms with Crippen molar-refractivity contribution in [1.82, 2.24) is 0 Å². The number of hydrogen-bond acceptors (Lipinski definition) is 4. The first kappa shape index (κ1) is 12.8. The van der Waals surface area contributed by atoms with Crippen molar-refractivity contribution in [2.24, 2.45) is 0 Å². The molecule has 17 heavy (non-hydrogen) atoms. The van der Waals surface area contributed by atoms with Gasteiger partial charge in [0.1, 0.15) is 5.69 Å². The highest BCUT2D eigenvalue weighted by molar-refractivity contribution is 6.40. The molecule has 0 saturated carbocycles. The zero-order valence-electron chi connectivity index (χ0n) is 9.52. The van der Waals surface area contributed by atoms with E-state index < -0.39 is 16.6 Å². The Bertz CT molecular complexity index is 482. The van der Waals surface area contributed by atoms with Gasteiger partial charge < -0.3 is 5.32 Å². The monoisotopic (exact) mass is 236 g/mol. The average Bonchev–Trinajstić information content (AvgIpc) is 2.29. The van der Waals surface area contributed by atoms with E-state index in [0.717, 1.165) is 0 Å². The summed E-state index contributed by atoms with van der Waals surface area (Å²) in [6.07, 6.45) is 0.0610. The smallest absolute Gasteiger partial charge is 0.293 e. The molecule has 0 aromatic heterocycles. The summed E-state index contributed by atoms with van der Waals surface area (Å²) >= 11 is 0. The third kappa shape index (κ3) is 3.10. The van der Waals surface area contributed by atoms with Gasteiger partial charge in [0.2, 0.25) is 5.78 Å². The maximum absolute atomic E-state index is 11.3. The van der Waals surface area contributed by atoms with Crippen LogP contribution in [0.4, 0.5) is 11.4 Å². The zero-order valence-corrected chi connectivity index (χ0v) is 9.52. The lowest BCUT2D eigenvalue weighted by Gasteiger charge is -2.05. The molecule has 6 nitrogen and oxygen atoms in total. The Morgan fingerprint density at radius 3 is 2.59 bits per heavy atom. The van der Waals surface area contributed by atoms with Gasteiger partial charge in [-0.25, -0.2) is 0 Å².